The lowest BCUT2D eigenvalue weighted by Gasteiger charge is -2.26. The maximum atomic E-state index is 12.8. The van der Waals surface area contributed by atoms with Crippen LogP contribution in [0.3, 0.4) is 0 Å². The smallest absolute Gasteiger partial charge is 0.218 e. The van der Waals surface area contributed by atoms with Crippen molar-refractivity contribution in [2.45, 2.75) is 31.9 Å². The summed E-state index contributed by atoms with van der Waals surface area (Å²) in [5.41, 5.74) is 4.57. The number of carbonyl (C=O) groups is 1. The number of benzene rings is 1. The van der Waals surface area contributed by atoms with Gasteiger partial charge in [-0.2, -0.15) is 0 Å². The van der Waals surface area contributed by atoms with Crippen LogP contribution in [0.15, 0.2) is 24.3 Å². The van der Waals surface area contributed by atoms with Gasteiger partial charge in [-0.1, -0.05) is 12.1 Å². The second kappa shape index (κ2) is 5.93. The van der Waals surface area contributed by atoms with Crippen molar-refractivity contribution in [2.75, 3.05) is 6.54 Å². The van der Waals surface area contributed by atoms with Gasteiger partial charge in [-0.05, 0) is 31.5 Å². The lowest BCUT2D eigenvalue weighted by atomic mass is 9.95. The molecule has 1 aromatic rings. The first-order valence-electron chi connectivity index (χ1n) is 5.81. The van der Waals surface area contributed by atoms with Gasteiger partial charge in [0.05, 0.1) is 5.60 Å². The van der Waals surface area contributed by atoms with E-state index in [0.717, 1.165) is 0 Å². The van der Waals surface area contributed by atoms with Gasteiger partial charge in [-0.15, -0.1) is 0 Å². The number of hydrogen-bond donors (Lipinski definition) is 3. The van der Waals surface area contributed by atoms with Crippen molar-refractivity contribution in [1.82, 2.24) is 5.32 Å². The van der Waals surface area contributed by atoms with Crippen LogP contribution in [0.2, 0.25) is 0 Å². The highest BCUT2D eigenvalue weighted by Gasteiger charge is 2.23. The van der Waals surface area contributed by atoms with Crippen molar-refractivity contribution in [3.8, 4) is 0 Å². The van der Waals surface area contributed by atoms with Crippen molar-refractivity contribution < 1.29 is 14.3 Å². The van der Waals surface area contributed by atoms with Crippen molar-refractivity contribution >= 4 is 5.91 Å². The molecule has 0 bridgehead atoms. The monoisotopic (exact) mass is 254 g/mol. The Balaban J connectivity index is 2.59. The molecular weight excluding hydrogens is 235 g/mol. The minimum Gasteiger partial charge on any atom is -0.384 e. The van der Waals surface area contributed by atoms with E-state index in [2.05, 4.69) is 5.32 Å². The quantitative estimate of drug-likeness (QED) is 0.705. The summed E-state index contributed by atoms with van der Waals surface area (Å²) in [6.45, 7) is 3.70. The first-order chi connectivity index (χ1) is 8.31. The first kappa shape index (κ1) is 14.6. The van der Waals surface area contributed by atoms with E-state index in [-0.39, 0.29) is 24.8 Å². The number of nitrogens with two attached hydrogens (primary N) is 1. The fourth-order valence-electron chi connectivity index (χ4n) is 1.66. The molecule has 4 nitrogen and oxygen atoms in total. The lowest BCUT2D eigenvalue weighted by molar-refractivity contribution is -0.118. The molecule has 1 amide bonds. The normalized spacial score (nSPS) is 16.0. The Hall–Kier alpha value is -1.46. The van der Waals surface area contributed by atoms with Gasteiger partial charge in [0.1, 0.15) is 5.82 Å². The molecule has 2 atom stereocenters. The lowest BCUT2D eigenvalue weighted by Crippen LogP contribution is -2.41. The fraction of sp³-hybridized carbons (Fsp3) is 0.462. The van der Waals surface area contributed by atoms with Crippen LogP contribution < -0.4 is 11.1 Å². The molecule has 0 saturated carbocycles. The Morgan fingerprint density at radius 1 is 1.50 bits per heavy atom. The number of rotatable bonds is 6. The molecule has 4 N–H and O–H groups in total. The predicted octanol–water partition coefficient (Wildman–Crippen LogP) is 0.887. The van der Waals surface area contributed by atoms with Gasteiger partial charge in [0.2, 0.25) is 5.91 Å². The molecule has 0 aliphatic rings. The van der Waals surface area contributed by atoms with Crippen molar-refractivity contribution in [2.24, 2.45) is 5.73 Å². The molecule has 0 saturated heterocycles. The summed E-state index contributed by atoms with van der Waals surface area (Å²) in [5.74, 6) is -0.735. The third-order valence-corrected chi connectivity index (χ3v) is 2.77. The number of primary amides is 1. The average Bonchev–Trinajstić information content (AvgIpc) is 2.26. The Kier molecular flexibility index (Phi) is 4.81. The van der Waals surface area contributed by atoms with Gasteiger partial charge in [0.15, 0.2) is 0 Å². The molecule has 0 aromatic heterocycles. The number of aliphatic hydroxyl groups is 1. The van der Waals surface area contributed by atoms with Crippen LogP contribution in [0.1, 0.15) is 25.8 Å². The van der Waals surface area contributed by atoms with E-state index >= 15 is 0 Å². The van der Waals surface area contributed by atoms with Crippen LogP contribution in [0.4, 0.5) is 4.39 Å². The molecule has 18 heavy (non-hydrogen) atoms. The van der Waals surface area contributed by atoms with Gasteiger partial charge < -0.3 is 16.2 Å². The molecule has 0 fully saturated rings. The van der Waals surface area contributed by atoms with E-state index in [4.69, 9.17) is 5.73 Å². The molecule has 0 aliphatic carbocycles. The van der Waals surface area contributed by atoms with Crippen molar-refractivity contribution in [1.29, 1.82) is 0 Å². The molecule has 0 heterocycles. The number of carbonyl (C=O) groups excluding carboxylic acids is 1. The first-order valence-corrected chi connectivity index (χ1v) is 5.81. The Bertz CT molecular complexity index is 404. The molecule has 0 radical (unpaired) electrons. The summed E-state index contributed by atoms with van der Waals surface area (Å²) in [6.07, 6.45) is 0.208. The van der Waals surface area contributed by atoms with E-state index in [1.807, 2.05) is 6.92 Å². The van der Waals surface area contributed by atoms with Crippen LogP contribution in [0, 0.1) is 5.82 Å². The predicted molar refractivity (Wildman–Crippen MR) is 67.2 cm³/mol. The van der Waals surface area contributed by atoms with E-state index in [0.29, 0.717) is 5.56 Å². The molecule has 0 aliphatic heterocycles. The molecule has 2 unspecified atom stereocenters. The molecule has 0 spiro atoms. The zero-order valence-corrected chi connectivity index (χ0v) is 10.6. The molecule has 1 rings (SSSR count). The van der Waals surface area contributed by atoms with Gasteiger partial charge in [-0.3, -0.25) is 4.79 Å². The second-order valence-corrected chi connectivity index (χ2v) is 4.73. The highest BCUT2D eigenvalue weighted by molar-refractivity contribution is 5.74. The van der Waals surface area contributed by atoms with Crippen LogP contribution in [0.5, 0.6) is 0 Å². The molecule has 100 valence electrons. The maximum absolute atomic E-state index is 12.8. The van der Waals surface area contributed by atoms with Crippen LogP contribution in [-0.4, -0.2) is 23.6 Å². The number of nitrogens with one attached hydrogen (secondary N) is 1. The summed E-state index contributed by atoms with van der Waals surface area (Å²) in [7, 11) is 0. The topological polar surface area (TPSA) is 75.4 Å². The molecular formula is C13H19FN2O2. The summed E-state index contributed by atoms with van der Waals surface area (Å²) in [4.78, 5) is 10.7. The Morgan fingerprint density at radius 3 is 2.56 bits per heavy atom. The van der Waals surface area contributed by atoms with E-state index < -0.39 is 11.5 Å². The zero-order chi connectivity index (χ0) is 13.8. The summed E-state index contributed by atoms with van der Waals surface area (Å²) >= 11 is 0. The van der Waals surface area contributed by atoms with Gasteiger partial charge >= 0.3 is 0 Å². The van der Waals surface area contributed by atoms with E-state index in [1.54, 1.807) is 6.92 Å². The van der Waals surface area contributed by atoms with Gasteiger partial charge in [0, 0.05) is 19.0 Å². The Morgan fingerprint density at radius 2 is 2.06 bits per heavy atom. The third kappa shape index (κ3) is 4.43. The summed E-state index contributed by atoms with van der Waals surface area (Å²) in [5, 5.41) is 13.3. The van der Waals surface area contributed by atoms with Crippen molar-refractivity contribution in [3.05, 3.63) is 35.6 Å². The molecule has 5 heteroatoms. The van der Waals surface area contributed by atoms with Gasteiger partial charge in [0.25, 0.3) is 0 Å². The number of halogens is 1. The van der Waals surface area contributed by atoms with E-state index in [1.165, 1.54) is 24.3 Å². The SMILES string of the molecule is CC(CC(N)=O)NCC(C)(O)c1ccc(F)cc1. The fourth-order valence-corrected chi connectivity index (χ4v) is 1.66. The Labute approximate surface area is 106 Å². The average molecular weight is 254 g/mol. The summed E-state index contributed by atoms with van der Waals surface area (Å²) in [6, 6.07) is 5.56. The van der Waals surface area contributed by atoms with Crippen LogP contribution in [-0.2, 0) is 10.4 Å². The standard InChI is InChI=1S/C13H19FN2O2/c1-9(7-12(15)17)16-8-13(2,18)10-3-5-11(14)6-4-10/h3-6,9,16,18H,7-8H2,1-2H3,(H2,15,17). The zero-order valence-electron chi connectivity index (χ0n) is 10.6. The minimum atomic E-state index is -1.13. The van der Waals surface area contributed by atoms with Crippen LogP contribution >= 0.6 is 0 Å². The number of amides is 1. The van der Waals surface area contributed by atoms with Crippen molar-refractivity contribution in [3.63, 3.8) is 0 Å². The molecule has 1 aromatic carbocycles. The second-order valence-electron chi connectivity index (χ2n) is 4.73. The highest BCUT2D eigenvalue weighted by atomic mass is 19.1. The van der Waals surface area contributed by atoms with Crippen LogP contribution in [0.25, 0.3) is 0 Å². The largest absolute Gasteiger partial charge is 0.384 e. The summed E-state index contributed by atoms with van der Waals surface area (Å²) < 4.78 is 12.8. The van der Waals surface area contributed by atoms with Gasteiger partial charge in [-0.25, -0.2) is 4.39 Å². The third-order valence-electron chi connectivity index (χ3n) is 2.77. The highest BCUT2D eigenvalue weighted by Crippen LogP contribution is 2.20. The van der Waals surface area contributed by atoms with E-state index in [9.17, 15) is 14.3 Å². The maximum Gasteiger partial charge on any atom is 0.218 e. The minimum absolute atomic E-state index is 0.116. The number of hydrogen-bond acceptors (Lipinski definition) is 3.